The third kappa shape index (κ3) is 4.04. The Morgan fingerprint density at radius 3 is 2.61 bits per heavy atom. The zero-order valence-electron chi connectivity index (χ0n) is 13.0. The fourth-order valence-corrected chi connectivity index (χ4v) is 2.74. The summed E-state index contributed by atoms with van der Waals surface area (Å²) in [6, 6.07) is 8.92. The first kappa shape index (κ1) is 15.4. The van der Waals surface area contributed by atoms with Gasteiger partial charge in [-0.25, -0.2) is 0 Å². The van der Waals surface area contributed by atoms with E-state index in [2.05, 4.69) is 16.0 Å². The van der Waals surface area contributed by atoms with Crippen molar-refractivity contribution in [1.82, 2.24) is 19.4 Å². The summed E-state index contributed by atoms with van der Waals surface area (Å²) in [5.74, 6) is -0.000622. The van der Waals surface area contributed by atoms with Crippen LogP contribution < -0.4 is 5.56 Å². The first-order valence-electron chi connectivity index (χ1n) is 7.77. The zero-order valence-corrected chi connectivity index (χ0v) is 13.0. The normalized spacial score (nSPS) is 15.6. The van der Waals surface area contributed by atoms with Gasteiger partial charge in [0.2, 0.25) is 5.91 Å². The maximum absolute atomic E-state index is 12.3. The van der Waals surface area contributed by atoms with Crippen LogP contribution in [0.4, 0.5) is 0 Å². The van der Waals surface area contributed by atoms with Gasteiger partial charge in [-0.15, -0.1) is 0 Å². The Bertz CT molecular complexity index is 706. The Hall–Kier alpha value is -2.47. The van der Waals surface area contributed by atoms with Crippen LogP contribution in [-0.4, -0.2) is 51.4 Å². The van der Waals surface area contributed by atoms with E-state index in [1.54, 1.807) is 24.5 Å². The van der Waals surface area contributed by atoms with Gasteiger partial charge in [-0.05, 0) is 17.7 Å². The molecule has 23 heavy (non-hydrogen) atoms. The Morgan fingerprint density at radius 2 is 1.91 bits per heavy atom. The smallest absolute Gasteiger partial charge is 0.250 e. The van der Waals surface area contributed by atoms with Crippen LogP contribution in [0.3, 0.4) is 0 Å². The van der Waals surface area contributed by atoms with Gasteiger partial charge in [-0.2, -0.15) is 0 Å². The lowest BCUT2D eigenvalue weighted by Crippen LogP contribution is -2.49. The van der Waals surface area contributed by atoms with Crippen LogP contribution in [-0.2, 0) is 17.9 Å². The molecule has 3 heterocycles. The highest BCUT2D eigenvalue weighted by molar-refractivity contribution is 5.76. The zero-order chi connectivity index (χ0) is 16.1. The van der Waals surface area contributed by atoms with Crippen molar-refractivity contribution in [3.63, 3.8) is 0 Å². The van der Waals surface area contributed by atoms with E-state index >= 15 is 0 Å². The minimum Gasteiger partial charge on any atom is -0.339 e. The predicted molar refractivity (Wildman–Crippen MR) is 86.8 cm³/mol. The third-order valence-electron chi connectivity index (χ3n) is 4.06. The van der Waals surface area contributed by atoms with Gasteiger partial charge in [0, 0.05) is 57.4 Å². The number of carbonyl (C=O) groups excluding carboxylic acids is 1. The monoisotopic (exact) mass is 312 g/mol. The van der Waals surface area contributed by atoms with E-state index in [0.717, 1.165) is 19.6 Å². The highest BCUT2D eigenvalue weighted by Gasteiger charge is 2.21. The molecule has 3 rings (SSSR count). The van der Waals surface area contributed by atoms with E-state index in [0.29, 0.717) is 13.1 Å². The molecule has 0 aliphatic carbocycles. The fourth-order valence-electron chi connectivity index (χ4n) is 2.74. The number of hydrogen-bond acceptors (Lipinski definition) is 4. The lowest BCUT2D eigenvalue weighted by atomic mass is 10.2. The molecular weight excluding hydrogens is 292 g/mol. The number of nitrogens with zero attached hydrogens (tertiary/aromatic N) is 4. The molecule has 120 valence electrons. The molecule has 0 saturated carbocycles. The molecule has 1 fully saturated rings. The second-order valence-corrected chi connectivity index (χ2v) is 5.68. The van der Waals surface area contributed by atoms with Crippen LogP contribution in [0.1, 0.15) is 5.56 Å². The van der Waals surface area contributed by atoms with Crippen LogP contribution in [0.5, 0.6) is 0 Å². The van der Waals surface area contributed by atoms with Gasteiger partial charge in [0.05, 0.1) is 0 Å². The summed E-state index contributed by atoms with van der Waals surface area (Å²) in [5, 5.41) is 0. The van der Waals surface area contributed by atoms with Crippen molar-refractivity contribution >= 4 is 5.91 Å². The van der Waals surface area contributed by atoms with Crippen LogP contribution in [0.25, 0.3) is 0 Å². The second kappa shape index (κ2) is 7.19. The molecule has 1 aliphatic rings. The summed E-state index contributed by atoms with van der Waals surface area (Å²) in [7, 11) is 0. The Morgan fingerprint density at radius 1 is 1.09 bits per heavy atom. The highest BCUT2D eigenvalue weighted by Crippen LogP contribution is 2.08. The van der Waals surface area contributed by atoms with Gasteiger partial charge in [0.25, 0.3) is 5.56 Å². The molecular formula is C17H20N4O2. The summed E-state index contributed by atoms with van der Waals surface area (Å²) in [6.07, 6.45) is 5.30. The number of carbonyl (C=O) groups is 1. The van der Waals surface area contributed by atoms with Gasteiger partial charge in [-0.1, -0.05) is 12.1 Å². The van der Waals surface area contributed by atoms with E-state index in [1.165, 1.54) is 16.2 Å². The molecule has 6 heteroatoms. The fraction of sp³-hybridized carbons (Fsp3) is 0.353. The minimum atomic E-state index is -0.143. The van der Waals surface area contributed by atoms with E-state index in [-0.39, 0.29) is 18.0 Å². The summed E-state index contributed by atoms with van der Waals surface area (Å²) >= 11 is 0. The average Bonchev–Trinajstić information content (AvgIpc) is 2.58. The lowest BCUT2D eigenvalue weighted by molar-refractivity contribution is -0.133. The maximum Gasteiger partial charge on any atom is 0.250 e. The van der Waals surface area contributed by atoms with Crippen LogP contribution in [0, 0.1) is 0 Å². The number of piperazine rings is 1. The molecule has 0 N–H and O–H groups in total. The molecule has 1 aliphatic heterocycles. The minimum absolute atomic E-state index is 0.000622. The Labute approximate surface area is 135 Å². The highest BCUT2D eigenvalue weighted by atomic mass is 16.2. The summed E-state index contributed by atoms with van der Waals surface area (Å²) in [6.45, 7) is 4.03. The molecule has 2 aromatic heterocycles. The largest absolute Gasteiger partial charge is 0.339 e. The van der Waals surface area contributed by atoms with E-state index in [4.69, 9.17) is 0 Å². The molecule has 1 amide bonds. The number of aromatic nitrogens is 2. The van der Waals surface area contributed by atoms with Crippen molar-refractivity contribution in [3.05, 3.63) is 64.8 Å². The molecule has 0 atom stereocenters. The van der Waals surface area contributed by atoms with Gasteiger partial charge in [-0.3, -0.25) is 19.5 Å². The molecule has 0 unspecified atom stereocenters. The number of hydrogen-bond donors (Lipinski definition) is 0. The Kier molecular flexibility index (Phi) is 4.83. The van der Waals surface area contributed by atoms with Crippen molar-refractivity contribution in [1.29, 1.82) is 0 Å². The van der Waals surface area contributed by atoms with Gasteiger partial charge in [0.1, 0.15) is 6.54 Å². The summed E-state index contributed by atoms with van der Waals surface area (Å²) in [5.41, 5.74) is 1.04. The van der Waals surface area contributed by atoms with E-state index in [9.17, 15) is 9.59 Å². The van der Waals surface area contributed by atoms with Crippen LogP contribution in [0.2, 0.25) is 0 Å². The number of pyridine rings is 2. The molecule has 6 nitrogen and oxygen atoms in total. The third-order valence-corrected chi connectivity index (χ3v) is 4.06. The SMILES string of the molecule is O=C(Cn1ccccc1=O)N1CCN(Cc2cccnc2)CC1. The maximum atomic E-state index is 12.3. The predicted octanol–water partition coefficient (Wildman–Crippen LogP) is 0.588. The quantitative estimate of drug-likeness (QED) is 0.829. The Balaban J connectivity index is 1.51. The number of rotatable bonds is 4. The van der Waals surface area contributed by atoms with Crippen molar-refractivity contribution in [2.45, 2.75) is 13.1 Å². The van der Waals surface area contributed by atoms with Crippen molar-refractivity contribution in [3.8, 4) is 0 Å². The van der Waals surface area contributed by atoms with Gasteiger partial charge >= 0.3 is 0 Å². The standard InChI is InChI=1S/C17H20N4O2/c22-16-5-1-2-7-21(16)14-17(23)20-10-8-19(9-11-20)13-15-4-3-6-18-12-15/h1-7,12H,8-11,13-14H2. The van der Waals surface area contributed by atoms with E-state index in [1.807, 2.05) is 17.2 Å². The molecule has 0 radical (unpaired) electrons. The van der Waals surface area contributed by atoms with Crippen LogP contribution >= 0.6 is 0 Å². The topological polar surface area (TPSA) is 58.4 Å². The van der Waals surface area contributed by atoms with Gasteiger partial charge < -0.3 is 9.47 Å². The van der Waals surface area contributed by atoms with Crippen molar-refractivity contribution in [2.75, 3.05) is 26.2 Å². The lowest BCUT2D eigenvalue weighted by Gasteiger charge is -2.34. The first-order valence-corrected chi connectivity index (χ1v) is 7.77. The van der Waals surface area contributed by atoms with Crippen molar-refractivity contribution in [2.24, 2.45) is 0 Å². The summed E-state index contributed by atoms with van der Waals surface area (Å²) < 4.78 is 1.45. The summed E-state index contributed by atoms with van der Waals surface area (Å²) in [4.78, 5) is 32.3. The van der Waals surface area contributed by atoms with Crippen LogP contribution in [0.15, 0.2) is 53.7 Å². The van der Waals surface area contributed by atoms with E-state index < -0.39 is 0 Å². The molecule has 0 bridgehead atoms. The average molecular weight is 312 g/mol. The molecule has 0 spiro atoms. The molecule has 2 aromatic rings. The van der Waals surface area contributed by atoms with Gasteiger partial charge in [0.15, 0.2) is 0 Å². The van der Waals surface area contributed by atoms with Crippen molar-refractivity contribution < 1.29 is 4.79 Å². The number of amides is 1. The first-order chi connectivity index (χ1) is 11.2. The molecule has 1 saturated heterocycles. The molecule has 0 aromatic carbocycles. The second-order valence-electron chi connectivity index (χ2n) is 5.68.